The Labute approximate surface area is 132 Å². The van der Waals surface area contributed by atoms with E-state index in [0.29, 0.717) is 17.5 Å². The third-order valence-corrected chi connectivity index (χ3v) is 4.70. The lowest BCUT2D eigenvalue weighted by Gasteiger charge is -2.04. The minimum atomic E-state index is -3.80. The van der Waals surface area contributed by atoms with E-state index in [0.717, 1.165) is 12.8 Å². The highest BCUT2D eigenvalue weighted by Crippen LogP contribution is 2.40. The van der Waals surface area contributed by atoms with Crippen molar-refractivity contribution in [1.82, 2.24) is 10.2 Å². The van der Waals surface area contributed by atoms with Crippen molar-refractivity contribution in [3.05, 3.63) is 48.4 Å². The van der Waals surface area contributed by atoms with Crippen LogP contribution in [0.4, 0.5) is 5.69 Å². The molecule has 7 nitrogen and oxygen atoms in total. The zero-order chi connectivity index (χ0) is 15.9. The molecule has 1 fully saturated rings. The molecule has 3 aromatic rings. The highest BCUT2D eigenvalue weighted by atomic mass is 32.2. The van der Waals surface area contributed by atoms with Gasteiger partial charge in [-0.3, -0.25) is 4.72 Å². The van der Waals surface area contributed by atoms with Gasteiger partial charge in [-0.1, -0.05) is 18.2 Å². The number of rotatable bonds is 5. The molecule has 23 heavy (non-hydrogen) atoms. The van der Waals surface area contributed by atoms with E-state index in [2.05, 4.69) is 14.9 Å². The summed E-state index contributed by atoms with van der Waals surface area (Å²) in [5.41, 5.74) is 0.458. The molecule has 0 saturated heterocycles. The highest BCUT2D eigenvalue weighted by molar-refractivity contribution is 7.92. The van der Waals surface area contributed by atoms with Crippen molar-refractivity contribution in [2.45, 2.75) is 23.9 Å². The maximum absolute atomic E-state index is 12.3. The average Bonchev–Trinajstić information content (AvgIpc) is 3.07. The second-order valence-electron chi connectivity index (χ2n) is 5.31. The van der Waals surface area contributed by atoms with Gasteiger partial charge in [0.05, 0.1) is 0 Å². The number of aromatic nitrogens is 2. The van der Waals surface area contributed by atoms with Crippen LogP contribution in [0.5, 0.6) is 0 Å². The summed E-state index contributed by atoms with van der Waals surface area (Å²) >= 11 is 0. The van der Waals surface area contributed by atoms with Gasteiger partial charge < -0.3 is 8.83 Å². The van der Waals surface area contributed by atoms with E-state index in [1.165, 1.54) is 12.1 Å². The van der Waals surface area contributed by atoms with E-state index in [9.17, 15) is 8.42 Å². The van der Waals surface area contributed by atoms with E-state index in [-0.39, 0.29) is 16.7 Å². The van der Waals surface area contributed by atoms with Gasteiger partial charge in [-0.2, -0.15) is 8.42 Å². The summed E-state index contributed by atoms with van der Waals surface area (Å²) in [5, 5.41) is 7.65. The zero-order valence-corrected chi connectivity index (χ0v) is 12.8. The summed E-state index contributed by atoms with van der Waals surface area (Å²) in [4.78, 5) is 0. The summed E-state index contributed by atoms with van der Waals surface area (Å²) in [7, 11) is -3.80. The molecular formula is C15H13N3O4S. The lowest BCUT2D eigenvalue weighted by molar-refractivity contribution is 0.435. The van der Waals surface area contributed by atoms with Crippen LogP contribution >= 0.6 is 0 Å². The normalized spacial score (nSPS) is 14.8. The van der Waals surface area contributed by atoms with Crippen LogP contribution in [0.3, 0.4) is 0 Å². The molecule has 1 aliphatic rings. The molecule has 2 aromatic heterocycles. The van der Waals surface area contributed by atoms with Gasteiger partial charge in [-0.05, 0) is 37.1 Å². The third kappa shape index (κ3) is 2.85. The predicted octanol–water partition coefficient (Wildman–Crippen LogP) is 3.01. The van der Waals surface area contributed by atoms with Gasteiger partial charge in [0.2, 0.25) is 11.0 Å². The van der Waals surface area contributed by atoms with E-state index in [1.807, 2.05) is 0 Å². The van der Waals surface area contributed by atoms with E-state index >= 15 is 0 Å². The van der Waals surface area contributed by atoms with Crippen LogP contribution < -0.4 is 4.72 Å². The fourth-order valence-corrected chi connectivity index (χ4v) is 3.11. The Balaban J connectivity index is 1.58. The van der Waals surface area contributed by atoms with Crippen molar-refractivity contribution in [3.8, 4) is 11.7 Å². The third-order valence-electron chi connectivity index (χ3n) is 3.45. The molecule has 0 radical (unpaired) electrons. The van der Waals surface area contributed by atoms with E-state index in [1.54, 1.807) is 30.3 Å². The Hall–Kier alpha value is -2.61. The number of para-hydroxylation sites is 1. The van der Waals surface area contributed by atoms with Gasteiger partial charge in [0.1, 0.15) is 0 Å². The number of hydrogen-bond donors (Lipinski definition) is 1. The number of nitrogens with zero attached hydrogens (tertiary/aromatic N) is 2. The molecule has 0 atom stereocenters. The molecule has 0 bridgehead atoms. The van der Waals surface area contributed by atoms with Crippen LogP contribution in [0.25, 0.3) is 11.7 Å². The first kappa shape index (κ1) is 14.0. The molecule has 0 amide bonds. The summed E-state index contributed by atoms with van der Waals surface area (Å²) < 4.78 is 37.9. The zero-order valence-electron chi connectivity index (χ0n) is 12.0. The van der Waals surface area contributed by atoms with Crippen molar-refractivity contribution in [1.29, 1.82) is 0 Å². The van der Waals surface area contributed by atoms with Gasteiger partial charge in [0, 0.05) is 11.6 Å². The van der Waals surface area contributed by atoms with Gasteiger partial charge in [-0.25, -0.2) is 0 Å². The molecule has 118 valence electrons. The fourth-order valence-electron chi connectivity index (χ4n) is 2.12. The Morgan fingerprint density at radius 3 is 2.52 bits per heavy atom. The molecule has 1 saturated carbocycles. The standard InChI is InChI=1S/C15H13N3O4S/c19-23(20,18-11-4-2-1-3-5-11)13-9-8-12(21-13)15-17-16-14(22-15)10-6-7-10/h1-5,8-10,18H,6-7H2. The fraction of sp³-hybridized carbons (Fsp3) is 0.200. The lowest BCUT2D eigenvalue weighted by Crippen LogP contribution is -2.11. The van der Waals surface area contributed by atoms with Gasteiger partial charge >= 0.3 is 0 Å². The Bertz CT molecular complexity index is 927. The number of benzene rings is 1. The molecule has 4 rings (SSSR count). The predicted molar refractivity (Wildman–Crippen MR) is 81.2 cm³/mol. The topological polar surface area (TPSA) is 98.2 Å². The smallest absolute Gasteiger partial charge is 0.295 e. The van der Waals surface area contributed by atoms with Crippen molar-refractivity contribution in [3.63, 3.8) is 0 Å². The van der Waals surface area contributed by atoms with Crippen LogP contribution in [-0.2, 0) is 10.0 Å². The number of hydrogen-bond acceptors (Lipinski definition) is 6. The van der Waals surface area contributed by atoms with Gasteiger partial charge in [0.15, 0.2) is 5.76 Å². The van der Waals surface area contributed by atoms with Crippen LogP contribution in [0, 0.1) is 0 Å². The highest BCUT2D eigenvalue weighted by Gasteiger charge is 2.30. The van der Waals surface area contributed by atoms with Gasteiger partial charge in [-0.15, -0.1) is 10.2 Å². The first-order chi connectivity index (χ1) is 11.1. The van der Waals surface area contributed by atoms with Crippen molar-refractivity contribution in [2.24, 2.45) is 0 Å². The molecule has 0 unspecified atom stereocenters. The molecule has 8 heteroatoms. The summed E-state index contributed by atoms with van der Waals surface area (Å²) in [6, 6.07) is 11.5. The minimum Gasteiger partial charge on any atom is -0.438 e. The number of nitrogens with one attached hydrogen (secondary N) is 1. The summed E-state index contributed by atoms with van der Waals surface area (Å²) in [5.74, 6) is 1.32. The number of sulfonamides is 1. The van der Waals surface area contributed by atoms with Crippen LogP contribution in [-0.4, -0.2) is 18.6 Å². The quantitative estimate of drug-likeness (QED) is 0.771. The maximum Gasteiger partial charge on any atom is 0.295 e. The van der Waals surface area contributed by atoms with E-state index in [4.69, 9.17) is 8.83 Å². The lowest BCUT2D eigenvalue weighted by atomic mass is 10.3. The SMILES string of the molecule is O=S(=O)(Nc1ccccc1)c1ccc(-c2nnc(C3CC3)o2)o1. The Kier molecular flexibility index (Phi) is 3.19. The molecule has 1 aromatic carbocycles. The molecule has 0 aliphatic heterocycles. The molecule has 1 aliphatic carbocycles. The van der Waals surface area contributed by atoms with Crippen molar-refractivity contribution in [2.75, 3.05) is 4.72 Å². The average molecular weight is 331 g/mol. The monoisotopic (exact) mass is 331 g/mol. The number of anilines is 1. The van der Waals surface area contributed by atoms with Crippen molar-refractivity contribution >= 4 is 15.7 Å². The second kappa shape index (κ2) is 5.24. The maximum atomic E-state index is 12.3. The van der Waals surface area contributed by atoms with Crippen LogP contribution in [0.2, 0.25) is 0 Å². The molecule has 1 N–H and O–H groups in total. The minimum absolute atomic E-state index is 0.188. The number of furan rings is 1. The van der Waals surface area contributed by atoms with E-state index < -0.39 is 10.0 Å². The largest absolute Gasteiger partial charge is 0.438 e. The summed E-state index contributed by atoms with van der Waals surface area (Å²) in [6.07, 6.45) is 2.08. The first-order valence-corrected chi connectivity index (χ1v) is 8.61. The first-order valence-electron chi connectivity index (χ1n) is 7.13. The Morgan fingerprint density at radius 2 is 1.78 bits per heavy atom. The second-order valence-corrected chi connectivity index (χ2v) is 6.92. The molecular weight excluding hydrogens is 318 g/mol. The summed E-state index contributed by atoms with van der Waals surface area (Å²) in [6.45, 7) is 0. The molecule has 2 heterocycles. The Morgan fingerprint density at radius 1 is 1.00 bits per heavy atom. The van der Waals surface area contributed by atoms with Crippen LogP contribution in [0.1, 0.15) is 24.7 Å². The van der Waals surface area contributed by atoms with Crippen LogP contribution in [0.15, 0.2) is 56.4 Å². The molecule has 0 spiro atoms. The van der Waals surface area contributed by atoms with Crippen molar-refractivity contribution < 1.29 is 17.3 Å². The van der Waals surface area contributed by atoms with Gasteiger partial charge in [0.25, 0.3) is 15.9 Å².